The van der Waals surface area contributed by atoms with Crippen molar-refractivity contribution in [2.45, 2.75) is 57.7 Å². The molecule has 0 N–H and O–H groups in total. The molecule has 5 heteroatoms. The molecule has 5 nitrogen and oxygen atoms in total. The summed E-state index contributed by atoms with van der Waals surface area (Å²) in [5.41, 5.74) is 1.91. The van der Waals surface area contributed by atoms with Crippen molar-refractivity contribution in [1.29, 1.82) is 0 Å². The largest absolute Gasteiger partial charge is 0.466 e. The van der Waals surface area contributed by atoms with E-state index in [4.69, 9.17) is 9.47 Å². The number of fused-ring (bicyclic) bond motifs is 1. The van der Waals surface area contributed by atoms with Crippen molar-refractivity contribution in [2.24, 2.45) is 11.8 Å². The van der Waals surface area contributed by atoms with Gasteiger partial charge in [-0.1, -0.05) is 73.5 Å². The molecule has 2 aliphatic rings. The van der Waals surface area contributed by atoms with Crippen LogP contribution in [0.5, 0.6) is 0 Å². The third-order valence-corrected chi connectivity index (χ3v) is 6.61. The van der Waals surface area contributed by atoms with Gasteiger partial charge in [0.25, 0.3) is 0 Å². The molecule has 2 aromatic rings. The van der Waals surface area contributed by atoms with Gasteiger partial charge < -0.3 is 9.47 Å². The minimum absolute atomic E-state index is 0.0907. The van der Waals surface area contributed by atoms with E-state index >= 15 is 0 Å². The van der Waals surface area contributed by atoms with Crippen LogP contribution in [0.2, 0.25) is 0 Å². The van der Waals surface area contributed by atoms with Crippen LogP contribution in [0.15, 0.2) is 60.7 Å². The molecule has 0 bridgehead atoms. The lowest BCUT2D eigenvalue weighted by atomic mass is 9.70. The van der Waals surface area contributed by atoms with E-state index in [0.717, 1.165) is 43.2 Å². The summed E-state index contributed by atoms with van der Waals surface area (Å²) in [6, 6.07) is 19.3. The number of hydrogen-bond acceptors (Lipinski definition) is 4. The Balaban J connectivity index is 1.66. The summed E-state index contributed by atoms with van der Waals surface area (Å²) in [7, 11) is 0. The molecule has 4 rings (SSSR count). The second kappa shape index (κ2) is 9.99. The molecule has 31 heavy (non-hydrogen) atoms. The van der Waals surface area contributed by atoms with Gasteiger partial charge in [-0.15, -0.1) is 0 Å². The molecule has 4 atom stereocenters. The van der Waals surface area contributed by atoms with E-state index in [1.54, 1.807) is 0 Å². The summed E-state index contributed by atoms with van der Waals surface area (Å²) in [5, 5.41) is 0. The zero-order valence-corrected chi connectivity index (χ0v) is 18.1. The number of amides is 1. The zero-order valence-electron chi connectivity index (χ0n) is 18.1. The minimum Gasteiger partial charge on any atom is -0.466 e. The number of piperidine rings is 1. The van der Waals surface area contributed by atoms with Crippen molar-refractivity contribution >= 4 is 12.1 Å². The Kier molecular flexibility index (Phi) is 6.90. The summed E-state index contributed by atoms with van der Waals surface area (Å²) in [6.07, 6.45) is 4.62. The zero-order chi connectivity index (χ0) is 21.6. The van der Waals surface area contributed by atoms with Crippen LogP contribution in [0.1, 0.15) is 56.2 Å². The fourth-order valence-corrected chi connectivity index (χ4v) is 5.24. The fourth-order valence-electron chi connectivity index (χ4n) is 5.24. The summed E-state index contributed by atoms with van der Waals surface area (Å²) < 4.78 is 11.2. The standard InChI is InChI=1S/C26H31NO4/c1-2-30-25(28)22-17-21-15-9-10-16-23(21)27(24(22)20-13-7-4-8-14-20)26(29)31-18-19-11-5-3-6-12-19/h3-8,11-14,21-24H,2,9-10,15-18H2,1H3. The Hall–Kier alpha value is -2.82. The highest BCUT2D eigenvalue weighted by molar-refractivity contribution is 5.77. The van der Waals surface area contributed by atoms with Crippen LogP contribution in [0.4, 0.5) is 4.79 Å². The smallest absolute Gasteiger partial charge is 0.410 e. The Labute approximate surface area is 184 Å². The third kappa shape index (κ3) is 4.76. The number of benzene rings is 2. The van der Waals surface area contributed by atoms with Crippen LogP contribution in [0.25, 0.3) is 0 Å². The van der Waals surface area contributed by atoms with Crippen molar-refractivity contribution < 1.29 is 19.1 Å². The highest BCUT2D eigenvalue weighted by atomic mass is 16.6. The molecule has 1 amide bonds. The van der Waals surface area contributed by atoms with Gasteiger partial charge in [0.2, 0.25) is 0 Å². The fraction of sp³-hybridized carbons (Fsp3) is 0.462. The molecule has 1 saturated carbocycles. The van der Waals surface area contributed by atoms with E-state index < -0.39 is 0 Å². The maximum atomic E-state index is 13.5. The molecule has 0 radical (unpaired) electrons. The van der Waals surface area contributed by atoms with Gasteiger partial charge in [0.15, 0.2) is 0 Å². The van der Waals surface area contributed by atoms with E-state index in [9.17, 15) is 9.59 Å². The first-order chi connectivity index (χ1) is 15.2. The normalized spacial score (nSPS) is 25.4. The summed E-state index contributed by atoms with van der Waals surface area (Å²) in [5.74, 6) is -0.306. The number of likely N-dealkylation sites (tertiary alicyclic amines) is 1. The molecule has 1 aliphatic heterocycles. The average Bonchev–Trinajstić information content (AvgIpc) is 2.82. The first-order valence-corrected chi connectivity index (χ1v) is 11.4. The van der Waals surface area contributed by atoms with Gasteiger partial charge in [-0.2, -0.15) is 0 Å². The molecule has 0 aromatic heterocycles. The number of carbonyl (C=O) groups excluding carboxylic acids is 2. The lowest BCUT2D eigenvalue weighted by Crippen LogP contribution is -2.55. The number of rotatable bonds is 5. The van der Waals surface area contributed by atoms with Crippen LogP contribution < -0.4 is 0 Å². The Morgan fingerprint density at radius 1 is 0.935 bits per heavy atom. The first kappa shape index (κ1) is 21.4. The lowest BCUT2D eigenvalue weighted by Gasteiger charge is -2.50. The van der Waals surface area contributed by atoms with Crippen molar-refractivity contribution in [3.63, 3.8) is 0 Å². The topological polar surface area (TPSA) is 55.8 Å². The second-order valence-electron chi connectivity index (χ2n) is 8.51. The van der Waals surface area contributed by atoms with Gasteiger partial charge in [-0.3, -0.25) is 9.69 Å². The Bertz CT molecular complexity index is 869. The second-order valence-corrected chi connectivity index (χ2v) is 8.51. The molecule has 2 aromatic carbocycles. The lowest BCUT2D eigenvalue weighted by molar-refractivity contribution is -0.155. The van der Waals surface area contributed by atoms with Gasteiger partial charge in [0.1, 0.15) is 6.61 Å². The summed E-state index contributed by atoms with van der Waals surface area (Å²) >= 11 is 0. The predicted octanol–water partition coefficient (Wildman–Crippen LogP) is 5.51. The number of carbonyl (C=O) groups is 2. The third-order valence-electron chi connectivity index (χ3n) is 6.61. The van der Waals surface area contributed by atoms with Gasteiger partial charge in [-0.25, -0.2) is 4.79 Å². The highest BCUT2D eigenvalue weighted by Crippen LogP contribution is 2.47. The van der Waals surface area contributed by atoms with Crippen LogP contribution in [-0.2, 0) is 20.9 Å². The van der Waals surface area contributed by atoms with Gasteiger partial charge in [0, 0.05) is 6.04 Å². The van der Waals surface area contributed by atoms with Crippen LogP contribution in [0, 0.1) is 11.8 Å². The average molecular weight is 422 g/mol. The van der Waals surface area contributed by atoms with Crippen LogP contribution in [0.3, 0.4) is 0 Å². The van der Waals surface area contributed by atoms with Gasteiger partial charge in [0.05, 0.1) is 18.6 Å². The molecule has 2 fully saturated rings. The molecule has 4 unspecified atom stereocenters. The molecular weight excluding hydrogens is 390 g/mol. The quantitative estimate of drug-likeness (QED) is 0.598. The maximum absolute atomic E-state index is 13.5. The highest BCUT2D eigenvalue weighted by Gasteiger charge is 2.49. The molecule has 1 heterocycles. The molecule has 1 aliphatic carbocycles. The van der Waals surface area contributed by atoms with Crippen molar-refractivity contribution in [1.82, 2.24) is 4.90 Å². The molecular formula is C26H31NO4. The van der Waals surface area contributed by atoms with Crippen LogP contribution >= 0.6 is 0 Å². The van der Waals surface area contributed by atoms with Crippen molar-refractivity contribution in [3.8, 4) is 0 Å². The Morgan fingerprint density at radius 3 is 2.32 bits per heavy atom. The maximum Gasteiger partial charge on any atom is 0.410 e. The van der Waals surface area contributed by atoms with Gasteiger partial charge in [-0.05, 0) is 43.2 Å². The summed E-state index contributed by atoms with van der Waals surface area (Å²) in [6.45, 7) is 2.39. The number of esters is 1. The van der Waals surface area contributed by atoms with Gasteiger partial charge >= 0.3 is 12.1 Å². The van der Waals surface area contributed by atoms with E-state index in [1.165, 1.54) is 0 Å². The molecule has 1 saturated heterocycles. The monoisotopic (exact) mass is 421 g/mol. The van der Waals surface area contributed by atoms with Crippen molar-refractivity contribution in [2.75, 3.05) is 6.61 Å². The predicted molar refractivity (Wildman–Crippen MR) is 118 cm³/mol. The van der Waals surface area contributed by atoms with Crippen LogP contribution in [-0.4, -0.2) is 29.6 Å². The number of nitrogens with zero attached hydrogens (tertiary/aromatic N) is 1. The SMILES string of the molecule is CCOC(=O)C1CC2CCCCC2N(C(=O)OCc2ccccc2)C1c1ccccc1. The molecule has 0 spiro atoms. The minimum atomic E-state index is -0.383. The van der Waals surface area contributed by atoms with E-state index in [-0.39, 0.29) is 36.7 Å². The van der Waals surface area contributed by atoms with E-state index in [1.807, 2.05) is 72.5 Å². The molecule has 164 valence electrons. The van der Waals surface area contributed by atoms with Crippen molar-refractivity contribution in [3.05, 3.63) is 71.8 Å². The first-order valence-electron chi connectivity index (χ1n) is 11.4. The Morgan fingerprint density at radius 2 is 1.61 bits per heavy atom. The number of hydrogen-bond donors (Lipinski definition) is 0. The van der Waals surface area contributed by atoms with E-state index in [0.29, 0.717) is 12.5 Å². The summed E-state index contributed by atoms with van der Waals surface area (Å²) in [4.78, 5) is 28.4. The van der Waals surface area contributed by atoms with E-state index in [2.05, 4.69) is 0 Å². The number of ether oxygens (including phenoxy) is 2.